The molecule has 35 heavy (non-hydrogen) atoms. The molecule has 0 bridgehead atoms. The third-order valence-corrected chi connectivity index (χ3v) is 7.01. The lowest BCUT2D eigenvalue weighted by Crippen LogP contribution is -2.39. The summed E-state index contributed by atoms with van der Waals surface area (Å²) in [6, 6.07) is 20.2. The number of nitrogens with one attached hydrogen (secondary N) is 1. The fraction of sp³-hybridized carbons (Fsp3) is 0.250. The first-order valence-electron chi connectivity index (χ1n) is 11.9. The molecule has 2 aliphatic rings. The maximum absolute atomic E-state index is 12.7. The van der Waals surface area contributed by atoms with Gasteiger partial charge in [0.1, 0.15) is 12.4 Å². The first kappa shape index (κ1) is 22.2. The summed E-state index contributed by atoms with van der Waals surface area (Å²) in [5.74, 6) is 0.767. The van der Waals surface area contributed by atoms with E-state index in [0.29, 0.717) is 18.2 Å². The molecule has 1 aromatic heterocycles. The standard InChI is InChI=1S/C28H26ClN3O3/c29-21-6-7-23-24(22-4-2-1-3-20(22)18-35-27(23)17-21)15-19-5-8-26-25(16-19)30-28(33)32(26)10-9-31-11-13-34-14-12-31/h1-8,15-17H,9-14,18H2,(H,30,33)/b24-15+. The third-order valence-electron chi connectivity index (χ3n) is 6.78. The van der Waals surface area contributed by atoms with Crippen LogP contribution in [0.15, 0.2) is 65.5 Å². The number of fused-ring (bicyclic) bond motifs is 3. The quantitative estimate of drug-likeness (QED) is 0.449. The van der Waals surface area contributed by atoms with E-state index < -0.39 is 0 Å². The Bertz CT molecular complexity index is 1480. The molecule has 0 radical (unpaired) electrons. The van der Waals surface area contributed by atoms with E-state index in [9.17, 15) is 4.79 Å². The van der Waals surface area contributed by atoms with Crippen LogP contribution in [-0.4, -0.2) is 47.3 Å². The molecule has 0 amide bonds. The third kappa shape index (κ3) is 4.41. The summed E-state index contributed by atoms with van der Waals surface area (Å²) in [6.45, 7) is 5.30. The molecule has 178 valence electrons. The molecule has 2 aliphatic heterocycles. The summed E-state index contributed by atoms with van der Waals surface area (Å²) in [4.78, 5) is 18.1. The maximum atomic E-state index is 12.7. The van der Waals surface area contributed by atoms with Crippen molar-refractivity contribution in [2.24, 2.45) is 0 Å². The largest absolute Gasteiger partial charge is 0.488 e. The van der Waals surface area contributed by atoms with Crippen LogP contribution in [0.25, 0.3) is 22.7 Å². The Hall–Kier alpha value is -3.32. The Morgan fingerprint density at radius 3 is 2.71 bits per heavy atom. The van der Waals surface area contributed by atoms with E-state index in [-0.39, 0.29) is 5.69 Å². The molecule has 0 atom stereocenters. The molecule has 0 unspecified atom stereocenters. The van der Waals surface area contributed by atoms with E-state index in [4.69, 9.17) is 21.1 Å². The van der Waals surface area contributed by atoms with E-state index in [1.54, 1.807) is 0 Å². The van der Waals surface area contributed by atoms with Crippen molar-refractivity contribution in [3.8, 4) is 5.75 Å². The number of hydrogen-bond donors (Lipinski definition) is 1. The molecule has 6 nitrogen and oxygen atoms in total. The Morgan fingerprint density at radius 2 is 1.83 bits per heavy atom. The van der Waals surface area contributed by atoms with Gasteiger partial charge in [-0.2, -0.15) is 0 Å². The number of benzene rings is 3. The predicted octanol–water partition coefficient (Wildman–Crippen LogP) is 4.80. The topological polar surface area (TPSA) is 59.5 Å². The molecule has 0 saturated carbocycles. The zero-order valence-electron chi connectivity index (χ0n) is 19.3. The maximum Gasteiger partial charge on any atom is 0.326 e. The van der Waals surface area contributed by atoms with Crippen molar-refractivity contribution in [1.29, 1.82) is 0 Å². The summed E-state index contributed by atoms with van der Waals surface area (Å²) in [5.41, 5.74) is 7.00. The number of nitrogens with zero attached hydrogens (tertiary/aromatic N) is 2. The number of halogens is 1. The number of rotatable bonds is 4. The van der Waals surface area contributed by atoms with Crippen molar-refractivity contribution in [2.45, 2.75) is 13.2 Å². The van der Waals surface area contributed by atoms with Crippen LogP contribution in [0.1, 0.15) is 22.3 Å². The Balaban J connectivity index is 1.38. The molecule has 7 heteroatoms. The summed E-state index contributed by atoms with van der Waals surface area (Å²) < 4.78 is 13.4. The average molecular weight is 488 g/mol. The zero-order valence-corrected chi connectivity index (χ0v) is 20.1. The van der Waals surface area contributed by atoms with Gasteiger partial charge in [-0.25, -0.2) is 4.79 Å². The van der Waals surface area contributed by atoms with Gasteiger partial charge in [0.05, 0.1) is 24.2 Å². The second-order valence-corrected chi connectivity index (χ2v) is 9.39. The molecular weight excluding hydrogens is 462 g/mol. The second kappa shape index (κ2) is 9.38. The number of morpholine rings is 1. The molecule has 1 fully saturated rings. The van der Waals surface area contributed by atoms with E-state index in [2.05, 4.69) is 34.2 Å². The SMILES string of the molecule is O=c1[nH]c2cc(/C=C3\c4ccccc4COc4cc(Cl)ccc43)ccc2n1CCN1CCOCC1. The Kier molecular flexibility index (Phi) is 5.94. The minimum Gasteiger partial charge on any atom is -0.488 e. The molecule has 1 N–H and O–H groups in total. The number of aromatic nitrogens is 2. The number of ether oxygens (including phenoxy) is 2. The lowest BCUT2D eigenvalue weighted by Gasteiger charge is -2.26. The normalized spacial score (nSPS) is 17.1. The summed E-state index contributed by atoms with van der Waals surface area (Å²) in [5, 5.41) is 0.645. The van der Waals surface area contributed by atoms with E-state index in [0.717, 1.165) is 77.5 Å². The highest BCUT2D eigenvalue weighted by Gasteiger charge is 2.20. The molecule has 0 spiro atoms. The Morgan fingerprint density at radius 1 is 0.971 bits per heavy atom. The summed E-state index contributed by atoms with van der Waals surface area (Å²) >= 11 is 6.26. The number of aromatic amines is 1. The van der Waals surface area contributed by atoms with Gasteiger partial charge in [0, 0.05) is 36.8 Å². The highest BCUT2D eigenvalue weighted by atomic mass is 35.5. The number of H-pyrrole nitrogens is 1. The van der Waals surface area contributed by atoms with Crippen LogP contribution in [0, 0.1) is 0 Å². The van der Waals surface area contributed by atoms with Crippen molar-refractivity contribution in [1.82, 2.24) is 14.5 Å². The van der Waals surface area contributed by atoms with Crippen LogP contribution in [0.4, 0.5) is 0 Å². The summed E-state index contributed by atoms with van der Waals surface area (Å²) in [6.07, 6.45) is 2.16. The van der Waals surface area contributed by atoms with Crippen molar-refractivity contribution < 1.29 is 9.47 Å². The van der Waals surface area contributed by atoms with Gasteiger partial charge in [-0.3, -0.25) is 9.47 Å². The van der Waals surface area contributed by atoms with Gasteiger partial charge in [0.2, 0.25) is 0 Å². The first-order valence-corrected chi connectivity index (χ1v) is 12.3. The van der Waals surface area contributed by atoms with Crippen molar-refractivity contribution in [3.05, 3.63) is 98.4 Å². The molecule has 0 aliphatic carbocycles. The molecule has 4 aromatic rings. The predicted molar refractivity (Wildman–Crippen MR) is 139 cm³/mol. The van der Waals surface area contributed by atoms with Gasteiger partial charge < -0.3 is 14.5 Å². The van der Waals surface area contributed by atoms with E-state index in [1.807, 2.05) is 47.0 Å². The average Bonchev–Trinajstić information content (AvgIpc) is 3.11. The lowest BCUT2D eigenvalue weighted by molar-refractivity contribution is 0.0364. The van der Waals surface area contributed by atoms with Crippen LogP contribution in [0.3, 0.4) is 0 Å². The summed E-state index contributed by atoms with van der Waals surface area (Å²) in [7, 11) is 0. The highest BCUT2D eigenvalue weighted by molar-refractivity contribution is 6.30. The monoisotopic (exact) mass is 487 g/mol. The highest BCUT2D eigenvalue weighted by Crippen LogP contribution is 2.39. The van der Waals surface area contributed by atoms with E-state index >= 15 is 0 Å². The van der Waals surface area contributed by atoms with Gasteiger partial charge >= 0.3 is 5.69 Å². The van der Waals surface area contributed by atoms with Gasteiger partial charge in [0.25, 0.3) is 0 Å². The first-order chi connectivity index (χ1) is 17.2. The van der Waals surface area contributed by atoms with Gasteiger partial charge in [-0.15, -0.1) is 0 Å². The minimum atomic E-state index is -0.0775. The fourth-order valence-electron chi connectivity index (χ4n) is 4.93. The minimum absolute atomic E-state index is 0.0775. The lowest BCUT2D eigenvalue weighted by atomic mass is 9.92. The van der Waals surface area contributed by atoms with Crippen molar-refractivity contribution in [3.63, 3.8) is 0 Å². The van der Waals surface area contributed by atoms with Crippen LogP contribution in [0.2, 0.25) is 5.02 Å². The second-order valence-electron chi connectivity index (χ2n) is 8.96. The van der Waals surface area contributed by atoms with Crippen LogP contribution in [-0.2, 0) is 17.9 Å². The van der Waals surface area contributed by atoms with Crippen LogP contribution < -0.4 is 10.4 Å². The van der Waals surface area contributed by atoms with Crippen molar-refractivity contribution >= 4 is 34.3 Å². The molecule has 6 rings (SSSR count). The van der Waals surface area contributed by atoms with Gasteiger partial charge in [-0.1, -0.05) is 41.9 Å². The van der Waals surface area contributed by atoms with Crippen LogP contribution >= 0.6 is 11.6 Å². The van der Waals surface area contributed by atoms with Gasteiger partial charge in [0.15, 0.2) is 0 Å². The molecule has 1 saturated heterocycles. The number of hydrogen-bond acceptors (Lipinski definition) is 4. The van der Waals surface area contributed by atoms with Gasteiger partial charge in [-0.05, 0) is 58.7 Å². The van der Waals surface area contributed by atoms with Crippen molar-refractivity contribution in [2.75, 3.05) is 32.8 Å². The molecule has 3 heterocycles. The molecule has 3 aromatic carbocycles. The smallest absolute Gasteiger partial charge is 0.326 e. The molecular formula is C28H26ClN3O3. The zero-order chi connectivity index (χ0) is 23.8. The number of imidazole rings is 1. The van der Waals surface area contributed by atoms with Crippen LogP contribution in [0.5, 0.6) is 5.75 Å². The van der Waals surface area contributed by atoms with E-state index in [1.165, 1.54) is 0 Å². The Labute approximate surface area is 208 Å². The fourth-order valence-corrected chi connectivity index (χ4v) is 5.09.